The van der Waals surface area contributed by atoms with Crippen molar-refractivity contribution in [2.24, 2.45) is 0 Å². The Morgan fingerprint density at radius 1 is 0.810 bits per heavy atom. The van der Waals surface area contributed by atoms with Crippen molar-refractivity contribution in [2.75, 3.05) is 0 Å². The molecule has 0 heterocycles. The van der Waals surface area contributed by atoms with Crippen LogP contribution in [0.15, 0.2) is 0 Å². The minimum atomic E-state index is -5.43. The Balaban J connectivity index is 2.14. The lowest BCUT2D eigenvalue weighted by atomic mass is 9.99. The van der Waals surface area contributed by atoms with E-state index in [2.05, 4.69) is 0 Å². The van der Waals surface area contributed by atoms with Crippen LogP contribution in [0, 0.1) is 0 Å². The van der Waals surface area contributed by atoms with Gasteiger partial charge in [-0.05, 0) is 11.1 Å². The van der Waals surface area contributed by atoms with Crippen LogP contribution >= 0.6 is 0 Å². The van der Waals surface area contributed by atoms with Crippen LogP contribution in [0.2, 0.25) is 11.1 Å². The molecule has 0 spiro atoms. The third-order valence-electron chi connectivity index (χ3n) is 4.75. The molecule has 0 atom stereocenters. The highest BCUT2D eigenvalue weighted by Crippen LogP contribution is 2.43. The fourth-order valence-electron chi connectivity index (χ4n) is 3.67. The number of rotatable bonds is 4. The van der Waals surface area contributed by atoms with Crippen LogP contribution in [0.4, 0.5) is 13.2 Å². The van der Waals surface area contributed by atoms with Crippen molar-refractivity contribution in [1.29, 1.82) is 0 Å². The Bertz CT molecular complexity index is 408. The molecule has 0 bridgehead atoms. The topological polar surface area (TPSA) is 43.4 Å². The Morgan fingerprint density at radius 2 is 1.19 bits per heavy atom. The molecule has 0 amide bonds. The third kappa shape index (κ3) is 4.45. The Kier molecular flexibility index (Phi) is 5.75. The number of halogens is 3. The zero-order chi connectivity index (χ0) is 15.5. The largest absolute Gasteiger partial charge is 0.522 e. The fourth-order valence-corrected chi connectivity index (χ4v) is 9.56. The van der Waals surface area contributed by atoms with Crippen molar-refractivity contribution in [3.8, 4) is 0 Å². The highest BCUT2D eigenvalue weighted by molar-refractivity contribution is 7.88. The summed E-state index contributed by atoms with van der Waals surface area (Å²) in [7, 11) is -7.86. The molecular weight excluding hydrogens is 321 g/mol. The van der Waals surface area contributed by atoms with E-state index in [1.54, 1.807) is 0 Å². The van der Waals surface area contributed by atoms with Crippen LogP contribution in [-0.2, 0) is 14.0 Å². The first-order valence-corrected chi connectivity index (χ1v) is 11.0. The molecule has 124 valence electrons. The summed E-state index contributed by atoms with van der Waals surface area (Å²) in [6.07, 6.45) is 9.45. The molecule has 0 aromatic rings. The van der Waals surface area contributed by atoms with Crippen molar-refractivity contribution < 1.29 is 25.5 Å². The predicted molar refractivity (Wildman–Crippen MR) is 76.9 cm³/mol. The lowest BCUT2D eigenvalue weighted by Gasteiger charge is -2.35. The van der Waals surface area contributed by atoms with Gasteiger partial charge in [0.15, 0.2) is 0 Å². The van der Waals surface area contributed by atoms with Gasteiger partial charge in [0.1, 0.15) is 0 Å². The van der Waals surface area contributed by atoms with Crippen molar-refractivity contribution in [1.82, 2.24) is 0 Å². The summed E-state index contributed by atoms with van der Waals surface area (Å²) in [5.74, 6) is 0. The fraction of sp³-hybridized carbons (Fsp3) is 1.00. The van der Waals surface area contributed by atoms with Gasteiger partial charge in [-0.25, -0.2) is 0 Å². The molecule has 0 radical (unpaired) electrons. The van der Waals surface area contributed by atoms with E-state index >= 15 is 0 Å². The second kappa shape index (κ2) is 7.00. The van der Waals surface area contributed by atoms with Gasteiger partial charge in [0.05, 0.1) is 0 Å². The van der Waals surface area contributed by atoms with Gasteiger partial charge in [-0.15, -0.1) is 0 Å². The van der Waals surface area contributed by atoms with Gasteiger partial charge in [0, 0.05) is 0 Å². The maximum Gasteiger partial charge on any atom is 0.522 e. The molecule has 2 aliphatic rings. The highest BCUT2D eigenvalue weighted by atomic mass is 32.2. The highest BCUT2D eigenvalue weighted by Gasteiger charge is 2.50. The quantitative estimate of drug-likeness (QED) is 0.566. The maximum atomic E-state index is 12.6. The second-order valence-corrected chi connectivity index (χ2v) is 11.2. The molecule has 2 saturated carbocycles. The van der Waals surface area contributed by atoms with Gasteiger partial charge in [0.25, 0.3) is 0 Å². The smallest absolute Gasteiger partial charge is 0.311 e. The summed E-state index contributed by atoms with van der Waals surface area (Å²) in [5.41, 5.74) is -5.13. The lowest BCUT2D eigenvalue weighted by Crippen LogP contribution is -2.39. The van der Waals surface area contributed by atoms with E-state index in [1.165, 1.54) is 0 Å². The van der Waals surface area contributed by atoms with Crippen molar-refractivity contribution in [3.63, 3.8) is 0 Å². The molecule has 0 aliphatic heterocycles. The van der Waals surface area contributed by atoms with E-state index in [-0.39, 0.29) is 11.1 Å². The van der Waals surface area contributed by atoms with Crippen molar-refractivity contribution in [2.45, 2.75) is 80.8 Å². The minimum absolute atomic E-state index is 0.0824. The average Bonchev–Trinajstić information content (AvgIpc) is 2.45. The van der Waals surface area contributed by atoms with Crippen LogP contribution in [-0.4, -0.2) is 23.0 Å². The molecule has 8 heteroatoms. The van der Waals surface area contributed by atoms with E-state index in [4.69, 9.17) is 3.87 Å². The van der Waals surface area contributed by atoms with Crippen LogP contribution < -0.4 is 0 Å². The average molecular weight is 344 g/mol. The second-order valence-electron chi connectivity index (χ2n) is 6.26. The van der Waals surface area contributed by atoms with E-state index in [0.29, 0.717) is 0 Å². The molecule has 21 heavy (non-hydrogen) atoms. The summed E-state index contributed by atoms with van der Waals surface area (Å²) in [6.45, 7) is 0. The minimum Gasteiger partial charge on any atom is -0.311 e. The summed E-state index contributed by atoms with van der Waals surface area (Å²) < 4.78 is 65.7. The zero-order valence-electron chi connectivity index (χ0n) is 12.1. The molecule has 2 rings (SSSR count). The van der Waals surface area contributed by atoms with E-state index < -0.39 is 24.7 Å². The predicted octanol–water partition coefficient (Wildman–Crippen LogP) is 4.25. The molecule has 0 aromatic heterocycles. The van der Waals surface area contributed by atoms with Crippen molar-refractivity contribution in [3.05, 3.63) is 0 Å². The van der Waals surface area contributed by atoms with Gasteiger partial charge in [0.2, 0.25) is 9.04 Å². The summed E-state index contributed by atoms with van der Waals surface area (Å²) in [5, 5.41) is 0. The summed E-state index contributed by atoms with van der Waals surface area (Å²) in [4.78, 5) is 0. The first-order chi connectivity index (χ1) is 9.81. The number of hydrogen-bond acceptors (Lipinski definition) is 3. The SMILES string of the molecule is O=S(=O)(O[SiH](C1CCCCC1)C1CCCCC1)C(F)(F)F. The molecule has 0 unspecified atom stereocenters. The number of alkyl halides is 3. The molecule has 0 N–H and O–H groups in total. The first kappa shape index (κ1) is 17.3. The molecule has 2 aliphatic carbocycles. The van der Waals surface area contributed by atoms with E-state index in [1.807, 2.05) is 0 Å². The first-order valence-electron chi connectivity index (χ1n) is 7.81. The Hall–Kier alpha value is -0.0831. The van der Waals surface area contributed by atoms with E-state index in [9.17, 15) is 21.6 Å². The monoisotopic (exact) mass is 344 g/mol. The number of hydrogen-bond donors (Lipinski definition) is 0. The molecular formula is C13H23F3O3SSi. The zero-order valence-corrected chi connectivity index (χ0v) is 14.0. The summed E-state index contributed by atoms with van der Waals surface area (Å²) >= 11 is 0. The van der Waals surface area contributed by atoms with Crippen LogP contribution in [0.1, 0.15) is 64.2 Å². The molecule has 2 fully saturated rings. The van der Waals surface area contributed by atoms with Gasteiger partial charge in [-0.1, -0.05) is 64.2 Å². The lowest BCUT2D eigenvalue weighted by molar-refractivity contribution is -0.0503. The standard InChI is InChI=1S/C13H23F3O3SSi/c14-13(15,16)20(17,18)19-21(11-7-3-1-4-8-11)12-9-5-2-6-10-12/h11-12,21H,1-10H2. The third-order valence-corrected chi connectivity index (χ3v) is 10.4. The summed E-state index contributed by atoms with van der Waals surface area (Å²) in [6, 6.07) is 0. The Labute approximate surface area is 126 Å². The van der Waals surface area contributed by atoms with Gasteiger partial charge >= 0.3 is 15.6 Å². The van der Waals surface area contributed by atoms with Crippen molar-refractivity contribution >= 4 is 19.2 Å². The van der Waals surface area contributed by atoms with Crippen LogP contribution in [0.25, 0.3) is 0 Å². The normalized spacial score (nSPS) is 23.6. The van der Waals surface area contributed by atoms with Gasteiger partial charge in [-0.2, -0.15) is 21.6 Å². The van der Waals surface area contributed by atoms with E-state index in [0.717, 1.165) is 64.2 Å². The molecule has 0 aromatic carbocycles. The van der Waals surface area contributed by atoms with Crippen LogP contribution in [0.3, 0.4) is 0 Å². The van der Waals surface area contributed by atoms with Gasteiger partial charge in [-0.3, -0.25) is 0 Å². The molecule has 0 saturated heterocycles. The van der Waals surface area contributed by atoms with Crippen LogP contribution in [0.5, 0.6) is 0 Å². The maximum absolute atomic E-state index is 12.6. The van der Waals surface area contributed by atoms with Gasteiger partial charge < -0.3 is 3.87 Å². The molecule has 3 nitrogen and oxygen atoms in total. The Morgan fingerprint density at radius 3 is 1.52 bits per heavy atom.